The summed E-state index contributed by atoms with van der Waals surface area (Å²) in [7, 11) is 0. The average Bonchev–Trinajstić information content (AvgIpc) is 3.60. The van der Waals surface area contributed by atoms with Gasteiger partial charge in [0, 0.05) is 42.7 Å². The zero-order valence-electron chi connectivity index (χ0n) is 20.5. The van der Waals surface area contributed by atoms with Crippen molar-refractivity contribution in [2.75, 3.05) is 25.0 Å². The van der Waals surface area contributed by atoms with Crippen LogP contribution in [-0.4, -0.2) is 55.4 Å². The zero-order valence-corrected chi connectivity index (χ0v) is 21.4. The van der Waals surface area contributed by atoms with Crippen LogP contribution in [0.15, 0.2) is 71.5 Å². The van der Waals surface area contributed by atoms with Gasteiger partial charge in [0.25, 0.3) is 5.89 Å². The Morgan fingerprint density at radius 1 is 1.16 bits per heavy atom. The van der Waals surface area contributed by atoms with E-state index < -0.39 is 0 Å². The maximum absolute atomic E-state index is 12.0. The van der Waals surface area contributed by atoms with E-state index in [1.807, 2.05) is 54.9 Å². The molecular formula is C27H28N6O3S. The first-order chi connectivity index (χ1) is 18.1. The van der Waals surface area contributed by atoms with Gasteiger partial charge in [-0.15, -0.1) is 0 Å². The minimum Gasteiger partial charge on any atom is -0.462 e. The quantitative estimate of drug-likeness (QED) is 0.276. The van der Waals surface area contributed by atoms with Gasteiger partial charge in [-0.05, 0) is 62.3 Å². The van der Waals surface area contributed by atoms with Crippen LogP contribution in [0.5, 0.6) is 0 Å². The van der Waals surface area contributed by atoms with Crippen LogP contribution in [0.1, 0.15) is 47.7 Å². The number of esters is 1. The molecule has 3 heterocycles. The van der Waals surface area contributed by atoms with Crippen LogP contribution in [0.3, 0.4) is 0 Å². The normalized spacial score (nSPS) is 13.9. The fourth-order valence-corrected chi connectivity index (χ4v) is 4.76. The zero-order chi connectivity index (χ0) is 25.6. The Morgan fingerprint density at radius 3 is 2.76 bits per heavy atom. The smallest absolute Gasteiger partial charge is 0.338 e. The average molecular weight is 517 g/mol. The third kappa shape index (κ3) is 5.86. The maximum atomic E-state index is 12.0. The number of nitrogens with zero attached hydrogens (tertiary/aromatic N) is 5. The molecule has 1 aliphatic rings. The van der Waals surface area contributed by atoms with Gasteiger partial charge in [-0.3, -0.25) is 0 Å². The van der Waals surface area contributed by atoms with Crippen molar-refractivity contribution < 1.29 is 14.1 Å². The molecule has 0 amide bonds. The summed E-state index contributed by atoms with van der Waals surface area (Å²) < 4.78 is 12.6. The van der Waals surface area contributed by atoms with Gasteiger partial charge in [0.1, 0.15) is 5.82 Å². The molecule has 9 nitrogen and oxygen atoms in total. The van der Waals surface area contributed by atoms with Gasteiger partial charge < -0.3 is 24.0 Å². The van der Waals surface area contributed by atoms with Crippen molar-refractivity contribution in [2.24, 2.45) is 0 Å². The number of rotatable bonds is 7. The lowest BCUT2D eigenvalue weighted by molar-refractivity contribution is 0.0526. The highest BCUT2D eigenvalue weighted by atomic mass is 32.1. The van der Waals surface area contributed by atoms with E-state index in [0.717, 1.165) is 43.0 Å². The molecule has 4 aromatic rings. The second-order valence-corrected chi connectivity index (χ2v) is 9.17. The highest BCUT2D eigenvalue weighted by Crippen LogP contribution is 2.28. The molecule has 0 radical (unpaired) electrons. The molecule has 0 bridgehead atoms. The van der Waals surface area contributed by atoms with Gasteiger partial charge in [0.2, 0.25) is 0 Å². The molecule has 10 heteroatoms. The summed E-state index contributed by atoms with van der Waals surface area (Å²) in [6.45, 7) is 4.25. The van der Waals surface area contributed by atoms with Crippen molar-refractivity contribution in [1.29, 1.82) is 0 Å². The van der Waals surface area contributed by atoms with Crippen molar-refractivity contribution in [1.82, 2.24) is 24.6 Å². The van der Waals surface area contributed by atoms with Crippen molar-refractivity contribution in [3.63, 3.8) is 0 Å². The number of hydrogen-bond acceptors (Lipinski definition) is 7. The number of likely N-dealkylation sites (tertiary alicyclic amines) is 1. The van der Waals surface area contributed by atoms with Crippen molar-refractivity contribution in [3.8, 4) is 11.5 Å². The van der Waals surface area contributed by atoms with Gasteiger partial charge in [-0.1, -0.05) is 29.4 Å². The Labute approximate surface area is 220 Å². The first-order valence-electron chi connectivity index (χ1n) is 12.3. The number of imidazole rings is 1. The number of aromatic nitrogens is 4. The molecule has 0 atom stereocenters. The van der Waals surface area contributed by atoms with Crippen LogP contribution < -0.4 is 5.32 Å². The monoisotopic (exact) mass is 516 g/mol. The Morgan fingerprint density at radius 2 is 1.97 bits per heavy atom. The number of nitrogens with one attached hydrogen (secondary N) is 1. The molecule has 5 rings (SSSR count). The van der Waals surface area contributed by atoms with E-state index in [-0.39, 0.29) is 5.97 Å². The number of ether oxygens (including phenoxy) is 1. The number of anilines is 1. The van der Waals surface area contributed by atoms with E-state index in [4.69, 9.17) is 21.5 Å². The second-order valence-electron chi connectivity index (χ2n) is 8.79. The summed E-state index contributed by atoms with van der Waals surface area (Å²) >= 11 is 5.66. The molecule has 0 unspecified atom stereocenters. The maximum Gasteiger partial charge on any atom is 0.338 e. The number of thiocarbonyl (C=S) groups is 1. The molecule has 1 saturated heterocycles. The number of carbonyl (C=O) groups is 1. The van der Waals surface area contributed by atoms with Crippen molar-refractivity contribution in [3.05, 3.63) is 84.2 Å². The van der Waals surface area contributed by atoms with Crippen LogP contribution >= 0.6 is 12.2 Å². The third-order valence-corrected chi connectivity index (χ3v) is 6.68. The van der Waals surface area contributed by atoms with Crippen molar-refractivity contribution in [2.45, 2.75) is 32.2 Å². The topological polar surface area (TPSA) is 98.3 Å². The number of benzene rings is 2. The summed E-state index contributed by atoms with van der Waals surface area (Å²) in [6, 6.07) is 16.9. The standard InChI is InChI=1S/C27H28N6O3S/c1-2-35-26(34)21-9-6-10-22(17-21)29-27(37)32-14-11-19(12-15-32)24-28-13-16-33(24)18-23-30-25(36-31-23)20-7-4-3-5-8-20/h3-10,13,16-17,19H,2,11-12,14-15,18H2,1H3,(H,29,37). The molecule has 37 heavy (non-hydrogen) atoms. The molecule has 0 saturated carbocycles. The molecule has 1 fully saturated rings. The number of piperidine rings is 1. The minimum absolute atomic E-state index is 0.307. The van der Waals surface area contributed by atoms with Gasteiger partial charge >= 0.3 is 5.97 Å². The number of carbonyl (C=O) groups excluding carboxylic acids is 1. The predicted octanol–water partition coefficient (Wildman–Crippen LogP) is 4.73. The van der Waals surface area contributed by atoms with Crippen LogP contribution in [0.4, 0.5) is 5.69 Å². The summed E-state index contributed by atoms with van der Waals surface area (Å²) in [5.41, 5.74) is 2.16. The minimum atomic E-state index is -0.342. The number of hydrogen-bond donors (Lipinski definition) is 1. The molecule has 2 aromatic carbocycles. The highest BCUT2D eigenvalue weighted by molar-refractivity contribution is 7.80. The Kier molecular flexibility index (Phi) is 7.55. The van der Waals surface area contributed by atoms with Gasteiger partial charge in [0.05, 0.1) is 18.7 Å². The summed E-state index contributed by atoms with van der Waals surface area (Å²) in [4.78, 5) is 23.4. The van der Waals surface area contributed by atoms with Crippen LogP contribution in [-0.2, 0) is 11.3 Å². The summed E-state index contributed by atoms with van der Waals surface area (Å²) in [5, 5.41) is 8.06. The fraction of sp³-hybridized carbons (Fsp3) is 0.296. The lowest BCUT2D eigenvalue weighted by Gasteiger charge is -2.33. The molecule has 0 spiro atoms. The Hall–Kier alpha value is -4.05. The van der Waals surface area contributed by atoms with Crippen LogP contribution in [0.25, 0.3) is 11.5 Å². The SMILES string of the molecule is CCOC(=O)c1cccc(NC(=S)N2CCC(c3nccn3Cc3noc(-c4ccccc4)n3)CC2)c1. The predicted molar refractivity (Wildman–Crippen MR) is 143 cm³/mol. The summed E-state index contributed by atoms with van der Waals surface area (Å²) in [5.74, 6) is 2.12. The highest BCUT2D eigenvalue weighted by Gasteiger charge is 2.26. The molecule has 1 N–H and O–H groups in total. The molecular weight excluding hydrogens is 488 g/mol. The van der Waals surface area contributed by atoms with Crippen LogP contribution in [0, 0.1) is 0 Å². The van der Waals surface area contributed by atoms with E-state index in [9.17, 15) is 4.79 Å². The molecule has 1 aliphatic heterocycles. The first kappa shape index (κ1) is 24.6. The van der Waals surface area contributed by atoms with E-state index >= 15 is 0 Å². The first-order valence-corrected chi connectivity index (χ1v) is 12.7. The summed E-state index contributed by atoms with van der Waals surface area (Å²) in [6.07, 6.45) is 5.62. The Bertz CT molecular complexity index is 1360. The third-order valence-electron chi connectivity index (χ3n) is 6.32. The van der Waals surface area contributed by atoms with Crippen LogP contribution in [0.2, 0.25) is 0 Å². The van der Waals surface area contributed by atoms with E-state index in [1.165, 1.54) is 0 Å². The molecule has 0 aliphatic carbocycles. The van der Waals surface area contributed by atoms with E-state index in [1.54, 1.807) is 19.1 Å². The second kappa shape index (κ2) is 11.3. The molecule has 190 valence electrons. The van der Waals surface area contributed by atoms with Gasteiger partial charge in [0.15, 0.2) is 10.9 Å². The van der Waals surface area contributed by atoms with Gasteiger partial charge in [-0.2, -0.15) is 4.98 Å². The Balaban J connectivity index is 1.17. The largest absolute Gasteiger partial charge is 0.462 e. The van der Waals surface area contributed by atoms with E-state index in [0.29, 0.717) is 41.5 Å². The van der Waals surface area contributed by atoms with E-state index in [2.05, 4.69) is 29.9 Å². The lowest BCUT2D eigenvalue weighted by atomic mass is 9.96. The van der Waals surface area contributed by atoms with Gasteiger partial charge in [-0.25, -0.2) is 9.78 Å². The molecule has 2 aromatic heterocycles. The van der Waals surface area contributed by atoms with Crippen molar-refractivity contribution >= 4 is 29.0 Å². The fourth-order valence-electron chi connectivity index (χ4n) is 4.46. The lowest BCUT2D eigenvalue weighted by Crippen LogP contribution is -2.40.